The highest BCUT2D eigenvalue weighted by atomic mass is 32.1. The van der Waals surface area contributed by atoms with Gasteiger partial charge in [-0.25, -0.2) is 9.18 Å². The number of carbonyl (C=O) groups excluding carboxylic acids is 1. The van der Waals surface area contributed by atoms with Crippen LogP contribution >= 0.6 is 11.3 Å². The standard InChI is InChI=1S/C17H20FN3OS/c18-15-5-4-13(11-14(15)16-3-1-10-23-16)12-20-6-2-7-21(9-8-20)17(19)22/h1,3-5,10-11H,2,6-9,12H2,(H2,19,22). The molecule has 0 aliphatic carbocycles. The average molecular weight is 333 g/mol. The van der Waals surface area contributed by atoms with Crippen LogP contribution in [0.25, 0.3) is 10.4 Å². The molecule has 1 saturated heterocycles. The van der Waals surface area contributed by atoms with Crippen molar-refractivity contribution in [2.24, 2.45) is 5.73 Å². The van der Waals surface area contributed by atoms with Crippen LogP contribution in [0.5, 0.6) is 0 Å². The first-order valence-electron chi connectivity index (χ1n) is 7.72. The van der Waals surface area contributed by atoms with Crippen molar-refractivity contribution < 1.29 is 9.18 Å². The van der Waals surface area contributed by atoms with Gasteiger partial charge in [0.25, 0.3) is 0 Å². The third-order valence-electron chi connectivity index (χ3n) is 4.12. The number of urea groups is 1. The summed E-state index contributed by atoms with van der Waals surface area (Å²) in [4.78, 5) is 16.2. The molecular formula is C17H20FN3OS. The number of amides is 2. The number of rotatable bonds is 3. The molecule has 2 heterocycles. The first kappa shape index (κ1) is 16.0. The highest BCUT2D eigenvalue weighted by Gasteiger charge is 2.17. The number of hydrogen-bond acceptors (Lipinski definition) is 3. The Labute approximate surface area is 139 Å². The Morgan fingerprint density at radius 1 is 1.22 bits per heavy atom. The van der Waals surface area contributed by atoms with Gasteiger partial charge in [-0.15, -0.1) is 11.3 Å². The fourth-order valence-corrected chi connectivity index (χ4v) is 3.64. The van der Waals surface area contributed by atoms with Gasteiger partial charge < -0.3 is 10.6 Å². The lowest BCUT2D eigenvalue weighted by Gasteiger charge is -2.21. The van der Waals surface area contributed by atoms with Crippen molar-refractivity contribution >= 4 is 17.4 Å². The smallest absolute Gasteiger partial charge is 0.314 e. The van der Waals surface area contributed by atoms with Gasteiger partial charge >= 0.3 is 6.03 Å². The maximum Gasteiger partial charge on any atom is 0.314 e. The number of halogens is 1. The van der Waals surface area contributed by atoms with E-state index in [1.807, 2.05) is 29.6 Å². The van der Waals surface area contributed by atoms with E-state index < -0.39 is 0 Å². The summed E-state index contributed by atoms with van der Waals surface area (Å²) in [5.74, 6) is -0.188. The van der Waals surface area contributed by atoms with E-state index in [4.69, 9.17) is 5.73 Å². The minimum Gasteiger partial charge on any atom is -0.351 e. The first-order chi connectivity index (χ1) is 11.1. The normalized spacial score (nSPS) is 16.3. The predicted octanol–water partition coefficient (Wildman–Crippen LogP) is 3.14. The van der Waals surface area contributed by atoms with Gasteiger partial charge in [-0.3, -0.25) is 4.90 Å². The van der Waals surface area contributed by atoms with Crippen LogP contribution in [-0.2, 0) is 6.54 Å². The Morgan fingerprint density at radius 2 is 2.09 bits per heavy atom. The fraction of sp³-hybridized carbons (Fsp3) is 0.353. The molecular weight excluding hydrogens is 313 g/mol. The molecule has 0 unspecified atom stereocenters. The van der Waals surface area contributed by atoms with Crippen LogP contribution < -0.4 is 5.73 Å². The van der Waals surface area contributed by atoms with Crippen molar-refractivity contribution in [3.05, 3.63) is 47.1 Å². The maximum absolute atomic E-state index is 14.1. The monoisotopic (exact) mass is 333 g/mol. The Bertz CT molecular complexity index is 674. The summed E-state index contributed by atoms with van der Waals surface area (Å²) in [6, 6.07) is 8.82. The van der Waals surface area contributed by atoms with Gasteiger partial charge in [-0.2, -0.15) is 0 Å². The largest absolute Gasteiger partial charge is 0.351 e. The predicted molar refractivity (Wildman–Crippen MR) is 90.8 cm³/mol. The minimum absolute atomic E-state index is 0.188. The van der Waals surface area contributed by atoms with E-state index in [9.17, 15) is 9.18 Å². The molecule has 0 saturated carbocycles. The summed E-state index contributed by atoms with van der Waals surface area (Å²) >= 11 is 1.54. The molecule has 122 valence electrons. The molecule has 0 atom stereocenters. The lowest BCUT2D eigenvalue weighted by molar-refractivity contribution is 0.207. The number of hydrogen-bond donors (Lipinski definition) is 1. The SMILES string of the molecule is NC(=O)N1CCCN(Cc2ccc(F)c(-c3cccs3)c2)CC1. The minimum atomic E-state index is -0.353. The van der Waals surface area contributed by atoms with Crippen molar-refractivity contribution in [1.29, 1.82) is 0 Å². The van der Waals surface area contributed by atoms with Crippen LogP contribution in [0.1, 0.15) is 12.0 Å². The number of nitrogens with two attached hydrogens (primary N) is 1. The molecule has 23 heavy (non-hydrogen) atoms. The molecule has 3 rings (SSSR count). The van der Waals surface area contributed by atoms with Crippen molar-refractivity contribution in [1.82, 2.24) is 9.80 Å². The molecule has 2 N–H and O–H groups in total. The number of primary amides is 1. The van der Waals surface area contributed by atoms with Crippen LogP contribution in [0, 0.1) is 5.82 Å². The zero-order chi connectivity index (χ0) is 16.2. The van der Waals surface area contributed by atoms with E-state index in [0.717, 1.165) is 36.5 Å². The van der Waals surface area contributed by atoms with Crippen LogP contribution in [-0.4, -0.2) is 42.0 Å². The molecule has 1 fully saturated rings. The van der Waals surface area contributed by atoms with Crippen LogP contribution in [0.2, 0.25) is 0 Å². The number of benzene rings is 1. The molecule has 1 aliphatic rings. The molecule has 2 amide bonds. The second-order valence-electron chi connectivity index (χ2n) is 5.75. The zero-order valence-corrected chi connectivity index (χ0v) is 13.7. The topological polar surface area (TPSA) is 49.6 Å². The van der Waals surface area contributed by atoms with Crippen molar-refractivity contribution in [2.75, 3.05) is 26.2 Å². The van der Waals surface area contributed by atoms with E-state index in [-0.39, 0.29) is 11.8 Å². The quantitative estimate of drug-likeness (QED) is 0.938. The van der Waals surface area contributed by atoms with E-state index in [1.165, 1.54) is 6.07 Å². The van der Waals surface area contributed by atoms with E-state index in [0.29, 0.717) is 18.7 Å². The lowest BCUT2D eigenvalue weighted by Crippen LogP contribution is -2.38. The third-order valence-corrected chi connectivity index (χ3v) is 5.03. The first-order valence-corrected chi connectivity index (χ1v) is 8.60. The lowest BCUT2D eigenvalue weighted by atomic mass is 10.1. The highest BCUT2D eigenvalue weighted by molar-refractivity contribution is 7.13. The fourth-order valence-electron chi connectivity index (χ4n) is 2.90. The average Bonchev–Trinajstić information content (AvgIpc) is 2.95. The number of thiophene rings is 1. The molecule has 2 aromatic rings. The zero-order valence-electron chi connectivity index (χ0n) is 12.9. The molecule has 0 radical (unpaired) electrons. The third kappa shape index (κ3) is 3.89. The van der Waals surface area contributed by atoms with Crippen LogP contribution in [0.15, 0.2) is 35.7 Å². The summed E-state index contributed by atoms with van der Waals surface area (Å²) in [5, 5.41) is 1.95. The molecule has 1 aromatic carbocycles. The summed E-state index contributed by atoms with van der Waals surface area (Å²) < 4.78 is 14.1. The van der Waals surface area contributed by atoms with E-state index in [1.54, 1.807) is 16.2 Å². The Hall–Kier alpha value is -1.92. The maximum atomic E-state index is 14.1. The van der Waals surface area contributed by atoms with Gasteiger partial charge in [0.1, 0.15) is 5.82 Å². The molecule has 6 heteroatoms. The number of nitrogens with zero attached hydrogens (tertiary/aromatic N) is 2. The summed E-state index contributed by atoms with van der Waals surface area (Å²) in [5.41, 5.74) is 7.10. The van der Waals surface area contributed by atoms with Gasteiger partial charge in [0.2, 0.25) is 0 Å². The number of carbonyl (C=O) groups is 1. The van der Waals surface area contributed by atoms with Gasteiger partial charge in [0.15, 0.2) is 0 Å². The van der Waals surface area contributed by atoms with Crippen LogP contribution in [0.3, 0.4) is 0 Å². The van der Waals surface area contributed by atoms with E-state index in [2.05, 4.69) is 4.90 Å². The second kappa shape index (κ2) is 7.10. The van der Waals surface area contributed by atoms with E-state index >= 15 is 0 Å². The molecule has 1 aliphatic heterocycles. The summed E-state index contributed by atoms with van der Waals surface area (Å²) in [6.07, 6.45) is 0.905. The second-order valence-corrected chi connectivity index (χ2v) is 6.69. The highest BCUT2D eigenvalue weighted by Crippen LogP contribution is 2.28. The molecule has 4 nitrogen and oxygen atoms in total. The molecule has 1 aromatic heterocycles. The Kier molecular flexibility index (Phi) is 4.93. The summed E-state index contributed by atoms with van der Waals surface area (Å²) in [6.45, 7) is 3.80. The van der Waals surface area contributed by atoms with Gasteiger partial charge in [-0.05, 0) is 35.6 Å². The van der Waals surface area contributed by atoms with Crippen molar-refractivity contribution in [3.63, 3.8) is 0 Å². The molecule has 0 spiro atoms. The Balaban J connectivity index is 1.71. The van der Waals surface area contributed by atoms with Gasteiger partial charge in [-0.1, -0.05) is 12.1 Å². The van der Waals surface area contributed by atoms with Crippen LogP contribution in [0.4, 0.5) is 9.18 Å². The van der Waals surface area contributed by atoms with Gasteiger partial charge in [0.05, 0.1) is 0 Å². The summed E-state index contributed by atoms with van der Waals surface area (Å²) in [7, 11) is 0. The van der Waals surface area contributed by atoms with Gasteiger partial charge in [0, 0.05) is 43.2 Å². The molecule has 0 bridgehead atoms. The van der Waals surface area contributed by atoms with Crippen molar-refractivity contribution in [3.8, 4) is 10.4 Å². The Morgan fingerprint density at radius 3 is 2.83 bits per heavy atom. The van der Waals surface area contributed by atoms with Crippen molar-refractivity contribution in [2.45, 2.75) is 13.0 Å².